The van der Waals surface area contributed by atoms with Crippen molar-refractivity contribution in [1.82, 2.24) is 5.32 Å². The summed E-state index contributed by atoms with van der Waals surface area (Å²) in [6, 6.07) is 0. The molecule has 1 atom stereocenters. The Kier molecular flexibility index (Phi) is 2.72. The maximum absolute atomic E-state index is 3.68. The van der Waals surface area contributed by atoms with Crippen molar-refractivity contribution in [3.63, 3.8) is 0 Å². The summed E-state index contributed by atoms with van der Waals surface area (Å²) in [5.41, 5.74) is 0.626. The molecule has 1 fully saturated rings. The Bertz CT molecular complexity index is 138. The summed E-state index contributed by atoms with van der Waals surface area (Å²) in [7, 11) is 0. The van der Waals surface area contributed by atoms with Gasteiger partial charge in [-0.05, 0) is 37.3 Å². The van der Waals surface area contributed by atoms with Gasteiger partial charge in [-0.3, -0.25) is 0 Å². The zero-order valence-corrected chi connectivity index (χ0v) is 7.69. The van der Waals surface area contributed by atoms with Crippen LogP contribution in [0.4, 0.5) is 0 Å². The molecule has 1 nitrogen and oxygen atoms in total. The van der Waals surface area contributed by atoms with Crippen LogP contribution in [-0.4, -0.2) is 13.1 Å². The molecule has 0 heterocycles. The predicted molar refractivity (Wildman–Crippen MR) is 49.6 cm³/mol. The summed E-state index contributed by atoms with van der Waals surface area (Å²) in [5, 5.41) is 3.43. The number of hydrogen-bond acceptors (Lipinski definition) is 1. The normalized spacial score (nSPS) is 26.5. The second-order valence-electron chi connectivity index (χ2n) is 4.17. The average molecular weight is 153 g/mol. The third-order valence-corrected chi connectivity index (χ3v) is 2.63. The van der Waals surface area contributed by atoms with Gasteiger partial charge in [0.05, 0.1) is 0 Å². The van der Waals surface area contributed by atoms with E-state index in [4.69, 9.17) is 0 Å². The molecule has 0 aromatic carbocycles. The number of nitrogens with one attached hydrogen (secondary N) is 1. The Morgan fingerprint density at radius 3 is 2.73 bits per heavy atom. The Balaban J connectivity index is 1.94. The van der Waals surface area contributed by atoms with Crippen LogP contribution in [0, 0.1) is 11.3 Å². The van der Waals surface area contributed by atoms with Crippen LogP contribution in [-0.2, 0) is 0 Å². The SMILES string of the molecule is C=CCCNCC1CC1(C)C. The molecular weight excluding hydrogens is 134 g/mol. The maximum Gasteiger partial charge on any atom is -0.00143 e. The van der Waals surface area contributed by atoms with Crippen LogP contribution in [0.5, 0.6) is 0 Å². The van der Waals surface area contributed by atoms with Crippen molar-refractivity contribution < 1.29 is 0 Å². The molecule has 0 saturated heterocycles. The van der Waals surface area contributed by atoms with E-state index in [1.807, 2.05) is 6.08 Å². The molecule has 0 aromatic rings. The van der Waals surface area contributed by atoms with Crippen molar-refractivity contribution in [3.8, 4) is 0 Å². The molecule has 64 valence electrons. The first-order chi connectivity index (χ1) is 5.17. The fourth-order valence-electron chi connectivity index (χ4n) is 1.41. The van der Waals surface area contributed by atoms with Crippen LogP contribution in [0.3, 0.4) is 0 Å². The average Bonchev–Trinajstić information content (AvgIpc) is 2.52. The molecule has 0 aliphatic heterocycles. The van der Waals surface area contributed by atoms with Crippen LogP contribution >= 0.6 is 0 Å². The van der Waals surface area contributed by atoms with Crippen molar-refractivity contribution in [2.24, 2.45) is 11.3 Å². The fraction of sp³-hybridized carbons (Fsp3) is 0.800. The minimum atomic E-state index is 0.626. The smallest absolute Gasteiger partial charge is 0.00143 e. The van der Waals surface area contributed by atoms with E-state index in [1.165, 1.54) is 13.0 Å². The van der Waals surface area contributed by atoms with E-state index in [2.05, 4.69) is 25.7 Å². The van der Waals surface area contributed by atoms with E-state index in [9.17, 15) is 0 Å². The molecule has 1 unspecified atom stereocenters. The van der Waals surface area contributed by atoms with Crippen LogP contribution in [0.1, 0.15) is 26.7 Å². The van der Waals surface area contributed by atoms with Gasteiger partial charge >= 0.3 is 0 Å². The van der Waals surface area contributed by atoms with E-state index in [0.717, 1.165) is 18.9 Å². The first-order valence-electron chi connectivity index (χ1n) is 4.48. The fourth-order valence-corrected chi connectivity index (χ4v) is 1.41. The molecule has 1 heteroatoms. The highest BCUT2D eigenvalue weighted by atomic mass is 14.9. The van der Waals surface area contributed by atoms with E-state index < -0.39 is 0 Å². The third-order valence-electron chi connectivity index (χ3n) is 2.63. The van der Waals surface area contributed by atoms with Crippen LogP contribution < -0.4 is 5.32 Å². The summed E-state index contributed by atoms with van der Waals surface area (Å²) in [6.45, 7) is 10.7. The molecule has 0 spiro atoms. The molecule has 0 bridgehead atoms. The quantitative estimate of drug-likeness (QED) is 0.471. The number of hydrogen-bond donors (Lipinski definition) is 1. The van der Waals surface area contributed by atoms with Crippen molar-refractivity contribution >= 4 is 0 Å². The van der Waals surface area contributed by atoms with Gasteiger partial charge in [0.15, 0.2) is 0 Å². The number of rotatable bonds is 5. The van der Waals surface area contributed by atoms with Crippen LogP contribution in [0.2, 0.25) is 0 Å². The lowest BCUT2D eigenvalue weighted by atomic mass is 10.1. The summed E-state index contributed by atoms with van der Waals surface area (Å²) in [4.78, 5) is 0. The monoisotopic (exact) mass is 153 g/mol. The van der Waals surface area contributed by atoms with Gasteiger partial charge in [-0.1, -0.05) is 19.9 Å². The highest BCUT2D eigenvalue weighted by Crippen LogP contribution is 2.50. The standard InChI is InChI=1S/C10H19N/c1-4-5-6-11-8-9-7-10(9,2)3/h4,9,11H,1,5-8H2,2-3H3. The summed E-state index contributed by atoms with van der Waals surface area (Å²) >= 11 is 0. The highest BCUT2D eigenvalue weighted by Gasteiger charge is 2.44. The third kappa shape index (κ3) is 2.66. The largest absolute Gasteiger partial charge is 0.316 e. The van der Waals surface area contributed by atoms with Gasteiger partial charge in [0, 0.05) is 0 Å². The van der Waals surface area contributed by atoms with Gasteiger partial charge in [-0.2, -0.15) is 0 Å². The second kappa shape index (κ2) is 3.40. The van der Waals surface area contributed by atoms with E-state index in [-0.39, 0.29) is 0 Å². The van der Waals surface area contributed by atoms with Gasteiger partial charge in [0.1, 0.15) is 0 Å². The predicted octanol–water partition coefficient (Wildman–Crippen LogP) is 2.20. The van der Waals surface area contributed by atoms with E-state index in [0.29, 0.717) is 5.41 Å². The molecular formula is C10H19N. The van der Waals surface area contributed by atoms with E-state index in [1.54, 1.807) is 0 Å². The molecule has 11 heavy (non-hydrogen) atoms. The molecule has 1 aliphatic carbocycles. The molecule has 1 rings (SSSR count). The van der Waals surface area contributed by atoms with Gasteiger partial charge in [-0.15, -0.1) is 6.58 Å². The van der Waals surface area contributed by atoms with Gasteiger partial charge in [-0.25, -0.2) is 0 Å². The Labute approximate surface area is 69.9 Å². The first-order valence-corrected chi connectivity index (χ1v) is 4.48. The Hall–Kier alpha value is -0.300. The molecule has 1 aliphatic rings. The second-order valence-corrected chi connectivity index (χ2v) is 4.17. The molecule has 1 saturated carbocycles. The lowest BCUT2D eigenvalue weighted by Gasteiger charge is -2.03. The zero-order valence-electron chi connectivity index (χ0n) is 7.69. The van der Waals surface area contributed by atoms with Crippen LogP contribution in [0.25, 0.3) is 0 Å². The molecule has 0 amide bonds. The molecule has 0 radical (unpaired) electrons. The minimum absolute atomic E-state index is 0.626. The van der Waals surface area contributed by atoms with Crippen molar-refractivity contribution in [1.29, 1.82) is 0 Å². The van der Waals surface area contributed by atoms with E-state index >= 15 is 0 Å². The maximum atomic E-state index is 3.68. The first kappa shape index (κ1) is 8.79. The zero-order chi connectivity index (χ0) is 8.32. The lowest BCUT2D eigenvalue weighted by Crippen LogP contribution is -2.19. The highest BCUT2D eigenvalue weighted by molar-refractivity contribution is 4.96. The Morgan fingerprint density at radius 1 is 1.64 bits per heavy atom. The Morgan fingerprint density at radius 2 is 2.27 bits per heavy atom. The van der Waals surface area contributed by atoms with Crippen molar-refractivity contribution in [2.45, 2.75) is 26.7 Å². The molecule has 0 aromatic heterocycles. The summed E-state index contributed by atoms with van der Waals surface area (Å²) in [5.74, 6) is 0.923. The minimum Gasteiger partial charge on any atom is -0.316 e. The van der Waals surface area contributed by atoms with Crippen molar-refractivity contribution in [2.75, 3.05) is 13.1 Å². The summed E-state index contributed by atoms with van der Waals surface area (Å²) in [6.07, 6.45) is 4.45. The van der Waals surface area contributed by atoms with Gasteiger partial charge in [0.2, 0.25) is 0 Å². The van der Waals surface area contributed by atoms with Crippen molar-refractivity contribution in [3.05, 3.63) is 12.7 Å². The lowest BCUT2D eigenvalue weighted by molar-refractivity contribution is 0.522. The van der Waals surface area contributed by atoms with Crippen LogP contribution in [0.15, 0.2) is 12.7 Å². The van der Waals surface area contributed by atoms with Gasteiger partial charge in [0.25, 0.3) is 0 Å². The molecule has 1 N–H and O–H groups in total. The summed E-state index contributed by atoms with van der Waals surface area (Å²) < 4.78 is 0. The van der Waals surface area contributed by atoms with Gasteiger partial charge < -0.3 is 5.32 Å². The topological polar surface area (TPSA) is 12.0 Å².